The molecule has 3 aromatic rings. The highest BCUT2D eigenvalue weighted by molar-refractivity contribution is 5.82. The van der Waals surface area contributed by atoms with Gasteiger partial charge in [0, 0.05) is 42.6 Å². The fourth-order valence-electron chi connectivity index (χ4n) is 4.28. The number of amides is 1. The van der Waals surface area contributed by atoms with Crippen LogP contribution in [0.4, 0.5) is 0 Å². The second-order valence-corrected chi connectivity index (χ2v) is 9.41. The van der Waals surface area contributed by atoms with Crippen LogP contribution < -0.4 is 10.9 Å². The van der Waals surface area contributed by atoms with E-state index in [1.165, 1.54) is 10.6 Å². The van der Waals surface area contributed by atoms with Crippen LogP contribution >= 0.6 is 0 Å². The number of carboxylic acid groups (broad SMARTS) is 1. The number of aromatic nitrogens is 3. The minimum absolute atomic E-state index is 0.138. The third kappa shape index (κ3) is 6.41. The Morgan fingerprint density at radius 2 is 1.69 bits per heavy atom. The second kappa shape index (κ2) is 11.1. The Morgan fingerprint density at radius 3 is 2.29 bits per heavy atom. The summed E-state index contributed by atoms with van der Waals surface area (Å²) >= 11 is 0. The third-order valence-electron chi connectivity index (χ3n) is 5.91. The lowest BCUT2D eigenvalue weighted by molar-refractivity contribution is -0.138. The quantitative estimate of drug-likeness (QED) is 0.480. The second-order valence-electron chi connectivity index (χ2n) is 9.41. The maximum atomic E-state index is 13.5. The molecule has 0 radical (unpaired) electrons. The van der Waals surface area contributed by atoms with Crippen molar-refractivity contribution in [3.8, 4) is 11.1 Å². The molecule has 8 nitrogen and oxygen atoms in total. The Morgan fingerprint density at radius 1 is 1.03 bits per heavy atom. The largest absolute Gasteiger partial charge is 0.481 e. The fraction of sp³-hybridized carbons (Fsp3) is 0.370. The summed E-state index contributed by atoms with van der Waals surface area (Å²) in [6, 6.07) is 3.54. The van der Waals surface area contributed by atoms with E-state index in [-0.39, 0.29) is 17.9 Å². The Balaban J connectivity index is 1.98. The molecule has 1 unspecified atom stereocenters. The third-order valence-corrected chi connectivity index (χ3v) is 5.91. The molecule has 0 saturated carbocycles. The zero-order valence-electron chi connectivity index (χ0n) is 20.8. The first-order valence-electron chi connectivity index (χ1n) is 11.6. The summed E-state index contributed by atoms with van der Waals surface area (Å²) in [6.07, 6.45) is 8.55. The van der Waals surface area contributed by atoms with E-state index in [2.05, 4.69) is 15.3 Å². The molecule has 8 heteroatoms. The fourth-order valence-corrected chi connectivity index (χ4v) is 4.28. The van der Waals surface area contributed by atoms with Crippen molar-refractivity contribution >= 4 is 11.9 Å². The van der Waals surface area contributed by atoms with Gasteiger partial charge in [0.25, 0.3) is 5.56 Å². The summed E-state index contributed by atoms with van der Waals surface area (Å²) in [5.74, 6) is -1.32. The maximum Gasteiger partial charge on any atom is 0.305 e. The summed E-state index contributed by atoms with van der Waals surface area (Å²) in [5, 5.41) is 12.5. The molecule has 0 aliphatic rings. The number of carbonyl (C=O) groups excluding carboxylic acids is 1. The van der Waals surface area contributed by atoms with Crippen molar-refractivity contribution in [2.75, 3.05) is 0 Å². The van der Waals surface area contributed by atoms with Gasteiger partial charge in [-0.2, -0.15) is 0 Å². The van der Waals surface area contributed by atoms with Crippen LogP contribution in [0.5, 0.6) is 0 Å². The molecular formula is C27H32N4O4. The van der Waals surface area contributed by atoms with Gasteiger partial charge in [-0.05, 0) is 73.1 Å². The van der Waals surface area contributed by atoms with Crippen molar-refractivity contribution in [1.29, 1.82) is 0 Å². The van der Waals surface area contributed by atoms with Gasteiger partial charge in [-0.15, -0.1) is 0 Å². The Bertz CT molecular complexity index is 1260. The first-order valence-corrected chi connectivity index (χ1v) is 11.6. The predicted octanol–water partition coefficient (Wildman–Crippen LogP) is 4.15. The molecule has 1 amide bonds. The molecule has 0 aliphatic carbocycles. The lowest BCUT2D eigenvalue weighted by Crippen LogP contribution is -2.40. The Kier molecular flexibility index (Phi) is 8.17. The molecule has 2 N–H and O–H groups in total. The van der Waals surface area contributed by atoms with Crippen LogP contribution in [0.15, 0.2) is 54.0 Å². The first-order chi connectivity index (χ1) is 16.6. The van der Waals surface area contributed by atoms with Crippen LogP contribution in [0.2, 0.25) is 0 Å². The molecule has 2 atom stereocenters. The topological polar surface area (TPSA) is 114 Å². The van der Waals surface area contributed by atoms with Gasteiger partial charge in [0.05, 0.1) is 12.5 Å². The molecule has 3 aromatic heterocycles. The van der Waals surface area contributed by atoms with E-state index in [1.54, 1.807) is 37.1 Å². The molecule has 3 heterocycles. The molecule has 0 bridgehead atoms. The van der Waals surface area contributed by atoms with Gasteiger partial charge < -0.3 is 15.0 Å². The monoisotopic (exact) mass is 476 g/mol. The van der Waals surface area contributed by atoms with Gasteiger partial charge in [-0.25, -0.2) is 0 Å². The van der Waals surface area contributed by atoms with Gasteiger partial charge in [-0.3, -0.25) is 24.4 Å². The smallest absolute Gasteiger partial charge is 0.305 e. The summed E-state index contributed by atoms with van der Waals surface area (Å²) in [4.78, 5) is 46.3. The number of nitrogens with one attached hydrogen (secondary N) is 1. The molecule has 0 aliphatic heterocycles. The van der Waals surface area contributed by atoms with E-state index in [0.29, 0.717) is 12.0 Å². The number of nitrogens with zero attached hydrogens (tertiary/aromatic N) is 3. The number of rotatable bonds is 9. The highest BCUT2D eigenvalue weighted by atomic mass is 16.4. The average molecular weight is 477 g/mol. The average Bonchev–Trinajstić information content (AvgIpc) is 2.77. The van der Waals surface area contributed by atoms with Crippen LogP contribution in [0.25, 0.3) is 11.1 Å². The zero-order chi connectivity index (χ0) is 25.7. The molecule has 35 heavy (non-hydrogen) atoms. The van der Waals surface area contributed by atoms with Crippen LogP contribution in [0, 0.1) is 26.7 Å². The standard InChI is InChI=1S/C27H32N4O4/c1-16(2)8-23(31-7-6-17(3)9-24(31)32)27(35)30-22(11-25(33)34)20-10-21(15-29-14-20)26-18(4)12-28-13-19(26)5/h6-7,9-10,12-16,22-23H,8,11H2,1-5H3,(H,30,35)(H,33,34)/t22-,23?/m0/s1. The van der Waals surface area contributed by atoms with E-state index < -0.39 is 24.0 Å². The zero-order valence-corrected chi connectivity index (χ0v) is 20.8. The summed E-state index contributed by atoms with van der Waals surface area (Å²) in [5.41, 5.74) is 4.85. The van der Waals surface area contributed by atoms with Crippen molar-refractivity contribution in [3.05, 3.63) is 81.8 Å². The number of carboxylic acids is 1. The predicted molar refractivity (Wildman–Crippen MR) is 134 cm³/mol. The van der Waals surface area contributed by atoms with Crippen molar-refractivity contribution in [2.45, 2.75) is 59.5 Å². The van der Waals surface area contributed by atoms with Crippen LogP contribution in [-0.2, 0) is 9.59 Å². The Labute approximate surface area is 205 Å². The van der Waals surface area contributed by atoms with Crippen molar-refractivity contribution < 1.29 is 14.7 Å². The van der Waals surface area contributed by atoms with Crippen LogP contribution in [0.3, 0.4) is 0 Å². The number of aliphatic carboxylic acids is 1. The highest BCUT2D eigenvalue weighted by Crippen LogP contribution is 2.29. The van der Waals surface area contributed by atoms with Gasteiger partial charge in [-0.1, -0.05) is 13.8 Å². The van der Waals surface area contributed by atoms with Crippen LogP contribution in [-0.4, -0.2) is 31.5 Å². The summed E-state index contributed by atoms with van der Waals surface area (Å²) < 4.78 is 1.42. The minimum Gasteiger partial charge on any atom is -0.481 e. The highest BCUT2D eigenvalue weighted by Gasteiger charge is 2.27. The van der Waals surface area contributed by atoms with E-state index in [9.17, 15) is 19.5 Å². The SMILES string of the molecule is Cc1ccn(C(CC(C)C)C(=O)N[C@@H](CC(=O)O)c2cncc(-c3c(C)cncc3C)c2)c(=O)c1. The molecule has 0 fully saturated rings. The lowest BCUT2D eigenvalue weighted by atomic mass is 9.96. The molecule has 0 aromatic carbocycles. The first kappa shape index (κ1) is 25.8. The molecule has 3 rings (SSSR count). The maximum absolute atomic E-state index is 13.5. The Hall–Kier alpha value is -3.81. The number of hydrogen-bond acceptors (Lipinski definition) is 5. The lowest BCUT2D eigenvalue weighted by Gasteiger charge is -2.25. The molecule has 0 spiro atoms. The summed E-state index contributed by atoms with van der Waals surface area (Å²) in [6.45, 7) is 9.67. The molecule has 0 saturated heterocycles. The number of carbonyl (C=O) groups is 2. The van der Waals surface area contributed by atoms with E-state index in [1.807, 2.05) is 40.7 Å². The van der Waals surface area contributed by atoms with Gasteiger partial charge in [0.15, 0.2) is 0 Å². The van der Waals surface area contributed by atoms with Crippen LogP contribution in [0.1, 0.15) is 61.0 Å². The number of hydrogen-bond donors (Lipinski definition) is 2. The van der Waals surface area contributed by atoms with Gasteiger partial charge in [0.1, 0.15) is 6.04 Å². The molecular weight excluding hydrogens is 444 g/mol. The van der Waals surface area contributed by atoms with E-state index in [4.69, 9.17) is 0 Å². The van der Waals surface area contributed by atoms with Gasteiger partial charge >= 0.3 is 5.97 Å². The minimum atomic E-state index is -1.05. The van der Waals surface area contributed by atoms with E-state index in [0.717, 1.165) is 27.8 Å². The molecule has 184 valence electrons. The van der Waals surface area contributed by atoms with Crippen molar-refractivity contribution in [2.24, 2.45) is 5.92 Å². The normalized spacial score (nSPS) is 12.9. The van der Waals surface area contributed by atoms with Crippen molar-refractivity contribution in [3.63, 3.8) is 0 Å². The van der Waals surface area contributed by atoms with Gasteiger partial charge in [0.2, 0.25) is 5.91 Å². The number of aryl methyl sites for hydroxylation is 3. The van der Waals surface area contributed by atoms with E-state index >= 15 is 0 Å². The van der Waals surface area contributed by atoms with Crippen molar-refractivity contribution in [1.82, 2.24) is 19.9 Å². The number of pyridine rings is 3. The summed E-state index contributed by atoms with van der Waals surface area (Å²) in [7, 11) is 0.